The fourth-order valence-electron chi connectivity index (χ4n) is 0.808. The second kappa shape index (κ2) is 8.56. The van der Waals surface area contributed by atoms with Gasteiger partial charge in [-0.2, -0.15) is 0 Å². The lowest BCUT2D eigenvalue weighted by Gasteiger charge is -1.97. The maximum Gasteiger partial charge on any atom is 0.300 e. The van der Waals surface area contributed by atoms with Gasteiger partial charge in [0.2, 0.25) is 0 Å². The molecule has 1 N–H and O–H groups in total. The average Bonchev–Trinajstić information content (AvgIpc) is 2.56. The number of aryl methyl sites for hydroxylation is 1. The lowest BCUT2D eigenvalue weighted by Crippen LogP contribution is -1.93. The highest BCUT2D eigenvalue weighted by Gasteiger charge is 1.88. The molecule has 0 atom stereocenters. The van der Waals surface area contributed by atoms with Gasteiger partial charge in [-0.25, -0.2) is 4.98 Å². The number of rotatable bonds is 4. The van der Waals surface area contributed by atoms with E-state index < -0.39 is 5.97 Å². The smallest absolute Gasteiger partial charge is 0.300 e. The van der Waals surface area contributed by atoms with Crippen molar-refractivity contribution in [2.45, 2.75) is 26.3 Å². The molecule has 0 saturated heterocycles. The monoisotopic (exact) mass is 218 g/mol. The number of aromatic nitrogens is 2. The molecule has 80 valence electrons. The second-order valence-corrected chi connectivity index (χ2v) is 3.09. The van der Waals surface area contributed by atoms with Crippen molar-refractivity contribution in [1.82, 2.24) is 9.55 Å². The fraction of sp³-hybridized carbons (Fsp3) is 0.556. The Morgan fingerprint density at radius 2 is 2.21 bits per heavy atom. The largest absolute Gasteiger partial charge is 0.481 e. The maximum absolute atomic E-state index is 9.00. The van der Waals surface area contributed by atoms with Crippen LogP contribution in [0.5, 0.6) is 0 Å². The molecule has 4 nitrogen and oxygen atoms in total. The van der Waals surface area contributed by atoms with Gasteiger partial charge in [0.05, 0.1) is 6.33 Å². The van der Waals surface area contributed by atoms with Gasteiger partial charge in [-0.1, -0.05) is 0 Å². The molecule has 0 amide bonds. The van der Waals surface area contributed by atoms with Crippen LogP contribution < -0.4 is 0 Å². The van der Waals surface area contributed by atoms with E-state index >= 15 is 0 Å². The summed E-state index contributed by atoms with van der Waals surface area (Å²) in [5.41, 5.74) is 0. The number of nitrogens with zero attached hydrogens (tertiary/aromatic N) is 2. The molecule has 0 aliphatic carbocycles. The summed E-state index contributed by atoms with van der Waals surface area (Å²) in [5.74, 6) is -0.0747. The van der Waals surface area contributed by atoms with Crippen LogP contribution in [0.4, 0.5) is 0 Å². The van der Waals surface area contributed by atoms with E-state index in [0.29, 0.717) is 0 Å². The zero-order valence-electron chi connectivity index (χ0n) is 8.19. The van der Waals surface area contributed by atoms with Crippen LogP contribution in [-0.4, -0.2) is 26.5 Å². The number of carboxylic acid groups (broad SMARTS) is 1. The summed E-state index contributed by atoms with van der Waals surface area (Å²) in [6.45, 7) is 2.12. The summed E-state index contributed by atoms with van der Waals surface area (Å²) in [5, 5.41) is 7.42. The van der Waals surface area contributed by atoms with Gasteiger partial charge in [0.1, 0.15) is 0 Å². The predicted octanol–water partition coefficient (Wildman–Crippen LogP) is 1.99. The third-order valence-corrected chi connectivity index (χ3v) is 1.63. The molecule has 0 aromatic carbocycles. The van der Waals surface area contributed by atoms with Crippen LogP contribution in [0.25, 0.3) is 0 Å². The van der Waals surface area contributed by atoms with Crippen molar-refractivity contribution in [3.8, 4) is 0 Å². The number of aliphatic carboxylic acids is 1. The Hall–Kier alpha value is -1.03. The molecular formula is C9H15ClN2O2. The second-order valence-electron chi connectivity index (χ2n) is 2.72. The number of carbonyl (C=O) groups is 1. The first-order valence-corrected chi connectivity index (χ1v) is 4.91. The molecule has 1 heterocycles. The molecule has 5 heteroatoms. The van der Waals surface area contributed by atoms with Crippen molar-refractivity contribution in [2.24, 2.45) is 0 Å². The Labute approximate surface area is 88.5 Å². The normalized spacial score (nSPS) is 9.00. The molecular weight excluding hydrogens is 204 g/mol. The van der Waals surface area contributed by atoms with Gasteiger partial charge in [0, 0.05) is 31.7 Å². The Morgan fingerprint density at radius 1 is 1.57 bits per heavy atom. The summed E-state index contributed by atoms with van der Waals surface area (Å²) in [7, 11) is 0. The van der Waals surface area contributed by atoms with E-state index in [1.54, 1.807) is 6.20 Å². The Morgan fingerprint density at radius 3 is 2.64 bits per heavy atom. The Kier molecular flexibility index (Phi) is 7.93. The highest BCUT2D eigenvalue weighted by atomic mass is 35.5. The number of imidazole rings is 1. The zero-order chi connectivity index (χ0) is 10.8. The van der Waals surface area contributed by atoms with Crippen molar-refractivity contribution >= 4 is 17.6 Å². The molecule has 0 aliphatic rings. The molecule has 0 spiro atoms. The van der Waals surface area contributed by atoms with Gasteiger partial charge in [-0.15, -0.1) is 11.6 Å². The van der Waals surface area contributed by atoms with E-state index in [-0.39, 0.29) is 0 Å². The molecule has 0 radical (unpaired) electrons. The molecule has 0 saturated carbocycles. The topological polar surface area (TPSA) is 55.1 Å². The van der Waals surface area contributed by atoms with Crippen LogP contribution in [0.3, 0.4) is 0 Å². The van der Waals surface area contributed by atoms with Gasteiger partial charge in [0.25, 0.3) is 5.97 Å². The van der Waals surface area contributed by atoms with Crippen molar-refractivity contribution in [1.29, 1.82) is 0 Å². The number of unbranched alkanes of at least 4 members (excludes halogenated alkanes) is 1. The molecule has 0 fully saturated rings. The third kappa shape index (κ3) is 9.06. The average molecular weight is 219 g/mol. The van der Waals surface area contributed by atoms with E-state index in [1.165, 1.54) is 0 Å². The summed E-state index contributed by atoms with van der Waals surface area (Å²) < 4.78 is 2.06. The van der Waals surface area contributed by atoms with E-state index in [4.69, 9.17) is 21.5 Å². The van der Waals surface area contributed by atoms with E-state index in [1.807, 2.05) is 12.5 Å². The van der Waals surface area contributed by atoms with Crippen molar-refractivity contribution in [3.05, 3.63) is 18.7 Å². The molecule has 0 aliphatic heterocycles. The fourth-order valence-corrected chi connectivity index (χ4v) is 0.997. The number of halogens is 1. The van der Waals surface area contributed by atoms with Crippen molar-refractivity contribution in [3.63, 3.8) is 0 Å². The van der Waals surface area contributed by atoms with Crippen LogP contribution in [0.1, 0.15) is 19.8 Å². The first-order chi connectivity index (χ1) is 6.66. The first kappa shape index (κ1) is 13.0. The van der Waals surface area contributed by atoms with Crippen LogP contribution in [0, 0.1) is 0 Å². The van der Waals surface area contributed by atoms with E-state index in [2.05, 4.69) is 9.55 Å². The zero-order valence-corrected chi connectivity index (χ0v) is 8.94. The molecule has 1 aromatic rings. The van der Waals surface area contributed by atoms with Gasteiger partial charge in [-0.05, 0) is 12.8 Å². The van der Waals surface area contributed by atoms with E-state index in [9.17, 15) is 0 Å². The highest BCUT2D eigenvalue weighted by molar-refractivity contribution is 6.17. The molecule has 14 heavy (non-hydrogen) atoms. The molecule has 1 rings (SSSR count). The minimum absolute atomic E-state index is 0.759. The van der Waals surface area contributed by atoms with Crippen molar-refractivity contribution < 1.29 is 9.90 Å². The summed E-state index contributed by atoms with van der Waals surface area (Å²) in [4.78, 5) is 12.9. The van der Waals surface area contributed by atoms with Crippen LogP contribution in [-0.2, 0) is 11.3 Å². The van der Waals surface area contributed by atoms with Gasteiger partial charge in [-0.3, -0.25) is 4.79 Å². The lowest BCUT2D eigenvalue weighted by molar-refractivity contribution is -0.134. The summed E-state index contributed by atoms with van der Waals surface area (Å²) >= 11 is 5.52. The molecule has 0 bridgehead atoms. The molecule has 0 unspecified atom stereocenters. The SMILES string of the molecule is CC(=O)O.ClCCCCn1ccnc1. The number of hydrogen-bond donors (Lipinski definition) is 1. The lowest BCUT2D eigenvalue weighted by atomic mass is 10.3. The number of carboxylic acids is 1. The Balaban J connectivity index is 0.000000364. The van der Waals surface area contributed by atoms with Crippen molar-refractivity contribution in [2.75, 3.05) is 5.88 Å². The first-order valence-electron chi connectivity index (χ1n) is 4.38. The predicted molar refractivity (Wildman–Crippen MR) is 55.5 cm³/mol. The van der Waals surface area contributed by atoms with Crippen LogP contribution in [0.2, 0.25) is 0 Å². The van der Waals surface area contributed by atoms with Gasteiger partial charge < -0.3 is 9.67 Å². The van der Waals surface area contributed by atoms with Gasteiger partial charge in [0.15, 0.2) is 0 Å². The van der Waals surface area contributed by atoms with Crippen LogP contribution in [0.15, 0.2) is 18.7 Å². The number of hydrogen-bond acceptors (Lipinski definition) is 2. The minimum atomic E-state index is -0.833. The van der Waals surface area contributed by atoms with E-state index in [0.717, 1.165) is 32.2 Å². The third-order valence-electron chi connectivity index (χ3n) is 1.36. The minimum Gasteiger partial charge on any atom is -0.481 e. The summed E-state index contributed by atoms with van der Waals surface area (Å²) in [6.07, 6.45) is 7.81. The van der Waals surface area contributed by atoms with Crippen LogP contribution >= 0.6 is 11.6 Å². The maximum atomic E-state index is 9.00. The highest BCUT2D eigenvalue weighted by Crippen LogP contribution is 1.95. The van der Waals surface area contributed by atoms with Gasteiger partial charge >= 0.3 is 0 Å². The summed E-state index contributed by atoms with van der Waals surface area (Å²) in [6, 6.07) is 0. The molecule has 1 aromatic heterocycles. The standard InChI is InChI=1S/C7H11ClN2.C2H4O2/c8-3-1-2-5-10-6-4-9-7-10;1-2(3)4/h4,6-7H,1-3,5H2;1H3,(H,3,4). The number of alkyl halides is 1. The quantitative estimate of drug-likeness (QED) is 0.621. The Bertz CT molecular complexity index is 233.